The Morgan fingerprint density at radius 2 is 1.89 bits per heavy atom. The Morgan fingerprint density at radius 1 is 1.14 bits per heavy atom. The number of fused-ring (bicyclic) bond motifs is 1. The number of carbonyl (C=O) groups excluding carboxylic acids is 1. The van der Waals surface area contributed by atoms with Crippen LogP contribution in [0.15, 0.2) is 53.4 Å². The summed E-state index contributed by atoms with van der Waals surface area (Å²) in [7, 11) is -0.229. The van der Waals surface area contributed by atoms with Crippen LogP contribution >= 0.6 is 0 Å². The lowest BCUT2D eigenvalue weighted by Crippen LogP contribution is -2.42. The van der Waals surface area contributed by atoms with Crippen LogP contribution in [0.2, 0.25) is 0 Å². The fourth-order valence-corrected chi connectivity index (χ4v) is 4.16. The van der Waals surface area contributed by atoms with Gasteiger partial charge in [-0.15, -0.1) is 0 Å². The van der Waals surface area contributed by atoms with Crippen LogP contribution in [0.4, 0.5) is 4.79 Å². The minimum absolute atomic E-state index is 0.0740. The number of urea groups is 1. The number of sulfonamides is 1. The number of amides is 2. The van der Waals surface area contributed by atoms with E-state index in [9.17, 15) is 13.2 Å². The number of para-hydroxylation sites is 1. The average molecular weight is 404 g/mol. The third-order valence-corrected chi connectivity index (χ3v) is 6.02. The molecule has 0 unspecified atom stereocenters. The van der Waals surface area contributed by atoms with Crippen molar-refractivity contribution in [3.8, 4) is 5.75 Å². The molecule has 2 aromatic rings. The summed E-state index contributed by atoms with van der Waals surface area (Å²) >= 11 is 0. The molecule has 2 aromatic carbocycles. The quantitative estimate of drug-likeness (QED) is 0.749. The Kier molecular flexibility index (Phi) is 6.21. The number of hydrogen-bond donors (Lipinski definition) is 1. The Bertz CT molecular complexity index is 930. The van der Waals surface area contributed by atoms with Gasteiger partial charge >= 0.3 is 6.03 Å². The number of rotatable bonds is 6. The van der Waals surface area contributed by atoms with Crippen molar-refractivity contribution >= 4 is 16.1 Å². The Hall–Kier alpha value is -2.58. The molecule has 2 amide bonds. The van der Waals surface area contributed by atoms with Crippen molar-refractivity contribution in [1.82, 2.24) is 14.5 Å². The summed E-state index contributed by atoms with van der Waals surface area (Å²) in [6, 6.07) is 14.3. The number of ether oxygens (including phenoxy) is 1. The standard InChI is InChI=1S/C20H25N3O4S/c1-22(2)20(24)23-12-10-16-8-9-19(14-17(16)15-23)28(25,26)21-11-13-27-18-6-4-3-5-7-18/h3-9,14,21H,10-13,15H2,1-2H3. The smallest absolute Gasteiger partial charge is 0.319 e. The van der Waals surface area contributed by atoms with Crippen molar-refractivity contribution in [2.45, 2.75) is 17.9 Å². The first kappa shape index (κ1) is 20.2. The molecule has 0 aromatic heterocycles. The largest absolute Gasteiger partial charge is 0.492 e. The van der Waals surface area contributed by atoms with E-state index in [4.69, 9.17) is 4.74 Å². The zero-order valence-corrected chi connectivity index (χ0v) is 16.9. The molecule has 1 aliphatic heterocycles. The second-order valence-corrected chi connectivity index (χ2v) is 8.61. The first-order chi connectivity index (χ1) is 13.4. The lowest BCUT2D eigenvalue weighted by Gasteiger charge is -2.31. The molecular weight excluding hydrogens is 378 g/mol. The molecule has 1 aliphatic rings. The molecule has 0 atom stereocenters. The Labute approximate surface area is 166 Å². The second kappa shape index (κ2) is 8.62. The predicted octanol–water partition coefficient (Wildman–Crippen LogP) is 2.08. The molecule has 150 valence electrons. The van der Waals surface area contributed by atoms with Gasteiger partial charge in [-0.1, -0.05) is 24.3 Å². The van der Waals surface area contributed by atoms with E-state index in [0.717, 1.165) is 11.1 Å². The molecule has 1 N–H and O–H groups in total. The van der Waals surface area contributed by atoms with E-state index in [1.807, 2.05) is 36.4 Å². The van der Waals surface area contributed by atoms with Crippen molar-refractivity contribution in [3.63, 3.8) is 0 Å². The van der Waals surface area contributed by atoms with Crippen molar-refractivity contribution in [2.24, 2.45) is 0 Å². The molecule has 28 heavy (non-hydrogen) atoms. The molecule has 0 saturated heterocycles. The van der Waals surface area contributed by atoms with Crippen molar-refractivity contribution < 1.29 is 17.9 Å². The van der Waals surface area contributed by atoms with Gasteiger partial charge < -0.3 is 14.5 Å². The summed E-state index contributed by atoms with van der Waals surface area (Å²) in [6.45, 7) is 1.44. The van der Waals surface area contributed by atoms with Crippen LogP contribution in [0.5, 0.6) is 5.75 Å². The third-order valence-electron chi connectivity index (χ3n) is 4.56. The summed E-state index contributed by atoms with van der Waals surface area (Å²) in [5.74, 6) is 0.695. The number of nitrogens with zero attached hydrogens (tertiary/aromatic N) is 2. The molecule has 0 bridgehead atoms. The minimum Gasteiger partial charge on any atom is -0.492 e. The zero-order valence-electron chi connectivity index (χ0n) is 16.1. The Balaban J connectivity index is 1.63. The van der Waals surface area contributed by atoms with Gasteiger partial charge in [0.25, 0.3) is 0 Å². The highest BCUT2D eigenvalue weighted by atomic mass is 32.2. The van der Waals surface area contributed by atoms with Crippen LogP contribution < -0.4 is 9.46 Å². The fourth-order valence-electron chi connectivity index (χ4n) is 3.09. The monoisotopic (exact) mass is 403 g/mol. The van der Waals surface area contributed by atoms with Crippen LogP contribution in [0.1, 0.15) is 11.1 Å². The molecule has 1 heterocycles. The van der Waals surface area contributed by atoms with Gasteiger partial charge in [-0.05, 0) is 41.8 Å². The van der Waals surface area contributed by atoms with E-state index in [2.05, 4.69) is 4.72 Å². The Morgan fingerprint density at radius 3 is 2.61 bits per heavy atom. The van der Waals surface area contributed by atoms with Crippen molar-refractivity contribution in [1.29, 1.82) is 0 Å². The van der Waals surface area contributed by atoms with Gasteiger partial charge in [0.2, 0.25) is 10.0 Å². The maximum absolute atomic E-state index is 12.6. The molecule has 0 saturated carbocycles. The third kappa shape index (κ3) is 4.82. The fraction of sp³-hybridized carbons (Fsp3) is 0.350. The van der Waals surface area contributed by atoms with E-state index < -0.39 is 10.0 Å². The lowest BCUT2D eigenvalue weighted by molar-refractivity contribution is 0.165. The van der Waals surface area contributed by atoms with E-state index in [-0.39, 0.29) is 24.1 Å². The maximum Gasteiger partial charge on any atom is 0.319 e. The molecule has 0 spiro atoms. The van der Waals surface area contributed by atoms with Crippen LogP contribution in [0, 0.1) is 0 Å². The predicted molar refractivity (Wildman–Crippen MR) is 107 cm³/mol. The summed E-state index contributed by atoms with van der Waals surface area (Å²) < 4.78 is 33.3. The average Bonchev–Trinajstić information content (AvgIpc) is 2.70. The maximum atomic E-state index is 12.6. The highest BCUT2D eigenvalue weighted by Crippen LogP contribution is 2.23. The van der Waals surface area contributed by atoms with E-state index >= 15 is 0 Å². The molecule has 8 heteroatoms. The number of hydrogen-bond acceptors (Lipinski definition) is 4. The molecule has 7 nitrogen and oxygen atoms in total. The summed E-state index contributed by atoms with van der Waals surface area (Å²) in [5, 5.41) is 0. The SMILES string of the molecule is CN(C)C(=O)N1CCc2ccc(S(=O)(=O)NCCOc3ccccc3)cc2C1. The van der Waals surface area contributed by atoms with Gasteiger partial charge in [0.05, 0.1) is 4.90 Å². The molecule has 3 rings (SSSR count). The minimum atomic E-state index is -3.65. The van der Waals surface area contributed by atoms with Crippen LogP contribution in [-0.4, -0.2) is 58.0 Å². The van der Waals surface area contributed by atoms with E-state index in [0.29, 0.717) is 25.3 Å². The number of nitrogens with one attached hydrogen (secondary N) is 1. The zero-order chi connectivity index (χ0) is 20.1. The summed E-state index contributed by atoms with van der Waals surface area (Å²) in [4.78, 5) is 15.6. The second-order valence-electron chi connectivity index (χ2n) is 6.84. The molecular formula is C20H25N3O4S. The normalized spacial score (nSPS) is 13.7. The summed E-state index contributed by atoms with van der Waals surface area (Å²) in [6.07, 6.45) is 0.716. The summed E-state index contributed by atoms with van der Waals surface area (Å²) in [5.41, 5.74) is 1.94. The molecule has 0 fully saturated rings. The topological polar surface area (TPSA) is 79.0 Å². The van der Waals surface area contributed by atoms with Gasteiger partial charge in [-0.25, -0.2) is 17.9 Å². The van der Waals surface area contributed by atoms with E-state index in [1.54, 1.807) is 31.1 Å². The highest BCUT2D eigenvalue weighted by Gasteiger charge is 2.24. The van der Waals surface area contributed by atoms with E-state index in [1.165, 1.54) is 4.90 Å². The highest BCUT2D eigenvalue weighted by molar-refractivity contribution is 7.89. The van der Waals surface area contributed by atoms with Crippen LogP contribution in [-0.2, 0) is 23.0 Å². The lowest BCUT2D eigenvalue weighted by atomic mass is 10.0. The van der Waals surface area contributed by atoms with Gasteiger partial charge in [0.15, 0.2) is 0 Å². The van der Waals surface area contributed by atoms with Gasteiger partial charge in [-0.3, -0.25) is 0 Å². The van der Waals surface area contributed by atoms with Crippen LogP contribution in [0.25, 0.3) is 0 Å². The number of benzene rings is 2. The van der Waals surface area contributed by atoms with Gasteiger partial charge in [0.1, 0.15) is 12.4 Å². The first-order valence-electron chi connectivity index (χ1n) is 9.12. The van der Waals surface area contributed by atoms with Crippen molar-refractivity contribution in [2.75, 3.05) is 33.8 Å². The van der Waals surface area contributed by atoms with Crippen molar-refractivity contribution in [3.05, 3.63) is 59.7 Å². The molecule has 0 aliphatic carbocycles. The van der Waals surface area contributed by atoms with Crippen LogP contribution in [0.3, 0.4) is 0 Å². The molecule has 0 radical (unpaired) electrons. The van der Waals surface area contributed by atoms with Gasteiger partial charge in [0, 0.05) is 33.7 Å². The first-order valence-corrected chi connectivity index (χ1v) is 10.6. The number of carbonyl (C=O) groups is 1. The van der Waals surface area contributed by atoms with Gasteiger partial charge in [-0.2, -0.15) is 0 Å².